The van der Waals surface area contributed by atoms with Crippen molar-refractivity contribution in [1.82, 2.24) is 4.98 Å². The predicted molar refractivity (Wildman–Crippen MR) is 211 cm³/mol. The van der Waals surface area contributed by atoms with Crippen molar-refractivity contribution < 1.29 is 97.2 Å². The zero-order valence-corrected chi connectivity index (χ0v) is 34.5. The smallest absolute Gasteiger partial charge is 0.227 e. The number of halogens is 20. The number of nitrogens with zero attached hydrogens (tertiary/aromatic N) is 2. The third kappa shape index (κ3) is 8.47. The highest BCUT2D eigenvalue weighted by molar-refractivity contribution is 7.20. The van der Waals surface area contributed by atoms with Crippen LogP contribution in [0.25, 0.3) is 10.8 Å². The number of carbonyl (C=O) groups excluding carboxylic acids is 1. The van der Waals surface area contributed by atoms with Crippen molar-refractivity contribution in [1.29, 1.82) is 0 Å². The maximum absolute atomic E-state index is 15.4. The fraction of sp³-hybridized carbons (Fsp3) is 0.0426. The molecule has 0 unspecified atom stereocenters. The van der Waals surface area contributed by atoms with Crippen molar-refractivity contribution in [2.45, 2.75) is 13.0 Å². The molecule has 71 heavy (non-hydrogen) atoms. The van der Waals surface area contributed by atoms with E-state index >= 15 is 35.1 Å². The van der Waals surface area contributed by atoms with E-state index in [2.05, 4.69) is 41.4 Å². The maximum Gasteiger partial charge on any atom is 0.227 e. The molecule has 7 aromatic carbocycles. The number of rotatable bonds is 9. The van der Waals surface area contributed by atoms with Gasteiger partial charge in [-0.1, -0.05) is 72.8 Å². The average Bonchev–Trinajstić information content (AvgIpc) is 3.37. The summed E-state index contributed by atoms with van der Waals surface area (Å²) in [4.78, 5) is 16.8. The molecule has 0 atom stereocenters. The topological polar surface area (TPSA) is 33.8 Å². The summed E-state index contributed by atoms with van der Waals surface area (Å²) in [6.07, 6.45) is -1.04. The molecule has 0 N–H and O–H groups in total. The minimum atomic E-state index is -7.22. The van der Waals surface area contributed by atoms with Gasteiger partial charge in [-0.25, -0.2) is 87.8 Å². The zero-order chi connectivity index (χ0) is 52.1. The van der Waals surface area contributed by atoms with E-state index in [1.54, 1.807) is 6.20 Å². The molecule has 3 nitrogen and oxygen atoms in total. The lowest BCUT2D eigenvalue weighted by Gasteiger charge is -2.44. The molecule has 0 bridgehead atoms. The largest absolute Gasteiger partial charge is 0.287 e. The highest BCUT2D eigenvalue weighted by atomic mass is 19.2. The minimum absolute atomic E-state index is 0.0987. The second kappa shape index (κ2) is 19.5. The Bertz CT molecular complexity index is 3080. The van der Waals surface area contributed by atoms with Crippen LogP contribution in [0.4, 0.5) is 87.8 Å². The highest BCUT2D eigenvalue weighted by Gasteiger charge is 2.52. The molecule has 0 spiro atoms. The number of hydrogen-bond acceptors (Lipinski definition) is 2. The van der Waals surface area contributed by atoms with Crippen LogP contribution in [0.3, 0.4) is 0 Å². The van der Waals surface area contributed by atoms with E-state index in [4.69, 9.17) is 0 Å². The van der Waals surface area contributed by atoms with Crippen LogP contribution in [0, 0.1) is 116 Å². The number of carbonyl (C=O) groups is 1. The van der Waals surface area contributed by atoms with Gasteiger partial charge in [-0.2, -0.15) is 4.57 Å². The molecule has 0 fully saturated rings. The molecule has 0 aliphatic rings. The van der Waals surface area contributed by atoms with Gasteiger partial charge in [0.25, 0.3) is 0 Å². The molecule has 1 aromatic heterocycles. The zero-order valence-electron chi connectivity index (χ0n) is 34.5. The van der Waals surface area contributed by atoms with Crippen molar-refractivity contribution in [2.75, 3.05) is 0 Å². The summed E-state index contributed by atoms with van der Waals surface area (Å²) in [6, 6.07) is 24.2. The summed E-state index contributed by atoms with van der Waals surface area (Å²) >= 11 is 0. The van der Waals surface area contributed by atoms with Gasteiger partial charge in [0.1, 0.15) is 52.7 Å². The summed E-state index contributed by atoms with van der Waals surface area (Å²) < 4.78 is 296. The van der Waals surface area contributed by atoms with Crippen LogP contribution in [-0.2, 0) is 13.0 Å². The highest BCUT2D eigenvalue weighted by Crippen LogP contribution is 2.31. The van der Waals surface area contributed by atoms with Gasteiger partial charge in [0.2, 0.25) is 18.0 Å². The lowest BCUT2D eigenvalue weighted by molar-refractivity contribution is -0.690. The van der Waals surface area contributed by atoms with Crippen molar-refractivity contribution >= 4 is 44.6 Å². The molecular weight excluding hydrogens is 999 g/mol. The standard InChI is InChI=1S/C24BF20.C23H19N2O/c26-5-1(6(27)14(35)21(42)13(5)34)25(2-7(28)15(36)22(43)16(37)8(2)29,3-9(30)17(38)23(44)18(39)10(3)31)4-11(32)19(40)24(45)20(41)12(4)33;26-23(20-7-2-1-3-8-20)17-25-13-12-24-16-22(25)15-18-10-11-19-6-4-5-9-21(19)14-18/h;1-14,16H,15,17H2/q-1;+1. The molecule has 24 heteroatoms. The Hall–Kier alpha value is -7.79. The van der Waals surface area contributed by atoms with Crippen LogP contribution in [0.15, 0.2) is 91.4 Å². The first kappa shape index (κ1) is 51.1. The number of fused-ring (bicyclic) bond motifs is 1. The summed E-state index contributed by atoms with van der Waals surface area (Å²) in [5.74, 6) is -71.3. The number of benzene rings is 7. The van der Waals surface area contributed by atoms with E-state index in [0.29, 0.717) is 6.54 Å². The Morgan fingerprint density at radius 1 is 0.408 bits per heavy atom. The van der Waals surface area contributed by atoms with Gasteiger partial charge >= 0.3 is 0 Å². The normalized spacial score (nSPS) is 11.5. The van der Waals surface area contributed by atoms with Gasteiger partial charge in [0, 0.05) is 5.56 Å². The molecule has 8 aromatic rings. The quantitative estimate of drug-likeness (QED) is 0.0361. The molecular formula is C47H19BF20N2O. The molecule has 8 rings (SSSR count). The van der Waals surface area contributed by atoms with E-state index in [-0.39, 0.29) is 5.78 Å². The number of Topliss-reactive ketones (excluding diaryl/α,β-unsaturated/α-hetero) is 1. The van der Waals surface area contributed by atoms with E-state index in [1.807, 2.05) is 53.4 Å². The van der Waals surface area contributed by atoms with Gasteiger partial charge in [-0.05, 0) is 16.3 Å². The van der Waals surface area contributed by atoms with Crippen molar-refractivity contribution in [2.24, 2.45) is 0 Å². The molecule has 0 saturated heterocycles. The van der Waals surface area contributed by atoms with Crippen LogP contribution >= 0.6 is 0 Å². The number of ketones is 1. The Morgan fingerprint density at radius 3 is 1.13 bits per heavy atom. The lowest BCUT2D eigenvalue weighted by atomic mass is 9.12. The van der Waals surface area contributed by atoms with Crippen molar-refractivity contribution in [3.63, 3.8) is 0 Å². The first-order valence-electron chi connectivity index (χ1n) is 19.6. The predicted octanol–water partition coefficient (Wildman–Crippen LogP) is 9.84. The monoisotopic (exact) mass is 1020 g/mol. The molecule has 1 heterocycles. The van der Waals surface area contributed by atoms with E-state index in [1.165, 1.54) is 16.3 Å². The van der Waals surface area contributed by atoms with E-state index in [9.17, 15) is 57.5 Å². The number of aromatic nitrogens is 2. The third-order valence-electron chi connectivity index (χ3n) is 11.2. The number of hydrogen-bond donors (Lipinski definition) is 0. The maximum atomic E-state index is 15.4. The molecule has 0 saturated carbocycles. The summed E-state index contributed by atoms with van der Waals surface area (Å²) in [6.45, 7) is 0.315. The van der Waals surface area contributed by atoms with Crippen LogP contribution in [0.2, 0.25) is 0 Å². The van der Waals surface area contributed by atoms with Crippen LogP contribution in [-0.4, -0.2) is 16.9 Å². The fourth-order valence-corrected chi connectivity index (χ4v) is 8.02. The second-order valence-corrected chi connectivity index (χ2v) is 15.1. The average molecular weight is 1020 g/mol. The van der Waals surface area contributed by atoms with Gasteiger partial charge in [0.05, 0.1) is 18.8 Å². The Balaban J connectivity index is 0.000000240. The summed E-state index contributed by atoms with van der Waals surface area (Å²) in [5.41, 5.74) is -11.4. The van der Waals surface area contributed by atoms with E-state index in [0.717, 1.165) is 17.7 Å². The minimum Gasteiger partial charge on any atom is -0.287 e. The van der Waals surface area contributed by atoms with Gasteiger partial charge in [0.15, 0.2) is 76.0 Å². The molecule has 0 aliphatic heterocycles. The fourth-order valence-electron chi connectivity index (χ4n) is 8.02. The van der Waals surface area contributed by atoms with Crippen LogP contribution in [0.5, 0.6) is 0 Å². The van der Waals surface area contributed by atoms with Crippen LogP contribution < -0.4 is 26.4 Å². The van der Waals surface area contributed by atoms with E-state index < -0.39 is 144 Å². The van der Waals surface area contributed by atoms with Gasteiger partial charge in [-0.15, -0.1) is 21.9 Å². The SMILES string of the molecule is Fc1c(F)c(F)c([B-](c2c(F)c(F)c(F)c(F)c2F)(c2c(F)c(F)c(F)c(F)c2F)c2c(F)c(F)c(F)c(F)c2F)c(F)c1F.O=C(C[n+]1ccncc1Cc1ccc2ccccc2c1)c1ccccc1. The second-order valence-electron chi connectivity index (χ2n) is 15.1. The Morgan fingerprint density at radius 2 is 0.746 bits per heavy atom. The van der Waals surface area contributed by atoms with Gasteiger partial charge < -0.3 is 0 Å². The summed E-state index contributed by atoms with van der Waals surface area (Å²) in [5, 5.41) is 2.45. The van der Waals surface area contributed by atoms with Crippen LogP contribution in [0.1, 0.15) is 21.6 Å². The Labute approximate surface area is 383 Å². The van der Waals surface area contributed by atoms with Gasteiger partial charge in [-0.3, -0.25) is 9.78 Å². The molecule has 0 amide bonds. The first-order chi connectivity index (χ1) is 33.5. The van der Waals surface area contributed by atoms with Crippen molar-refractivity contribution in [3.8, 4) is 0 Å². The lowest BCUT2D eigenvalue weighted by Crippen LogP contribution is -2.81. The van der Waals surface area contributed by atoms with Crippen molar-refractivity contribution in [3.05, 3.63) is 225 Å². The molecule has 0 aliphatic carbocycles. The third-order valence-corrected chi connectivity index (χ3v) is 11.2. The molecule has 0 radical (unpaired) electrons. The Kier molecular flexibility index (Phi) is 14.1. The summed E-state index contributed by atoms with van der Waals surface area (Å²) in [7, 11) is 0. The first-order valence-corrected chi connectivity index (χ1v) is 19.6. The molecule has 366 valence electrons.